The Labute approximate surface area is 191 Å². The number of carboxylic acids is 1. The summed E-state index contributed by atoms with van der Waals surface area (Å²) >= 11 is 5.25. The van der Waals surface area contributed by atoms with Gasteiger partial charge in [0.15, 0.2) is 0 Å². The molecule has 1 saturated carbocycles. The molecule has 2 rings (SSSR count). The normalized spacial score (nSPS) is 25.2. The molecule has 1 aliphatic carbocycles. The molecule has 164 valence electrons. The molecule has 5 atom stereocenters. The first-order chi connectivity index (χ1) is 14.3. The van der Waals surface area contributed by atoms with Gasteiger partial charge < -0.3 is 0 Å². The van der Waals surface area contributed by atoms with Gasteiger partial charge in [-0.15, -0.1) is 0 Å². The van der Waals surface area contributed by atoms with Crippen molar-refractivity contribution >= 4 is 46.7 Å². The quantitative estimate of drug-likeness (QED) is 0.178. The molecule has 1 fully saturated rings. The van der Waals surface area contributed by atoms with Gasteiger partial charge in [0, 0.05) is 0 Å². The Morgan fingerprint density at radius 1 is 1.50 bits per heavy atom. The molecule has 0 radical (unpaired) electrons. The molecule has 0 amide bonds. The van der Waals surface area contributed by atoms with Crippen molar-refractivity contribution in [2.45, 2.75) is 63.8 Å². The van der Waals surface area contributed by atoms with Crippen molar-refractivity contribution in [2.24, 2.45) is 11.8 Å². The molecule has 1 aromatic rings. The third-order valence-corrected chi connectivity index (χ3v) is 7.51. The predicted molar refractivity (Wildman–Crippen MR) is 127 cm³/mol. The molecule has 1 unspecified atom stereocenters. The summed E-state index contributed by atoms with van der Waals surface area (Å²) in [5.74, 6) is 1.02. The van der Waals surface area contributed by atoms with Crippen LogP contribution in [-0.4, -0.2) is 53.1 Å². The molecule has 1 heterocycles. The van der Waals surface area contributed by atoms with E-state index >= 15 is 0 Å². The molecule has 1 aromatic heterocycles. The Hall–Kier alpha value is -1.22. The Morgan fingerprint density at radius 2 is 2.27 bits per heavy atom. The zero-order valence-electron chi connectivity index (χ0n) is 17.2. The number of hydrogen-bond donors (Lipinski definition) is 3. The van der Waals surface area contributed by atoms with Crippen LogP contribution in [0.3, 0.4) is 0 Å². The van der Waals surface area contributed by atoms with Crippen LogP contribution >= 0.6 is 27.3 Å². The molecular formula is C22H30BBrO5S. The van der Waals surface area contributed by atoms with Gasteiger partial charge in [0.2, 0.25) is 0 Å². The summed E-state index contributed by atoms with van der Waals surface area (Å²) in [6.07, 6.45) is 8.75. The molecule has 0 bridgehead atoms. The number of aliphatic hydroxyl groups is 2. The second-order valence-corrected chi connectivity index (χ2v) is 9.84. The summed E-state index contributed by atoms with van der Waals surface area (Å²) in [4.78, 5) is 13.0. The van der Waals surface area contributed by atoms with Crippen LogP contribution < -0.4 is 0 Å². The average Bonchev–Trinajstić information content (AvgIpc) is 3.19. The zero-order valence-corrected chi connectivity index (χ0v) is 19.6. The van der Waals surface area contributed by atoms with E-state index in [0.717, 1.165) is 10.9 Å². The van der Waals surface area contributed by atoms with E-state index < -0.39 is 24.3 Å². The monoisotopic (exact) mass is 496 g/mol. The van der Waals surface area contributed by atoms with Crippen molar-refractivity contribution in [2.75, 3.05) is 0 Å². The predicted octanol–water partition coefficient (Wildman–Crippen LogP) is 3.52. The van der Waals surface area contributed by atoms with Gasteiger partial charge in [-0.1, -0.05) is 0 Å². The van der Waals surface area contributed by atoms with Gasteiger partial charge >= 0.3 is 192 Å². The number of ether oxygens (including phenoxy) is 1. The fourth-order valence-corrected chi connectivity index (χ4v) is 5.24. The van der Waals surface area contributed by atoms with E-state index in [1.54, 1.807) is 29.8 Å². The molecule has 0 spiro atoms. The number of aryl methyl sites for hydroxylation is 2. The van der Waals surface area contributed by atoms with Crippen molar-refractivity contribution < 1.29 is 24.9 Å². The van der Waals surface area contributed by atoms with E-state index in [4.69, 9.17) is 9.84 Å². The molecule has 1 aliphatic rings. The molecule has 3 N–H and O–H groups in total. The summed E-state index contributed by atoms with van der Waals surface area (Å²) in [5.41, 5.74) is 0. The van der Waals surface area contributed by atoms with E-state index in [2.05, 4.69) is 36.4 Å². The van der Waals surface area contributed by atoms with Crippen molar-refractivity contribution in [3.05, 3.63) is 44.8 Å². The van der Waals surface area contributed by atoms with E-state index in [1.165, 1.54) is 9.75 Å². The maximum atomic E-state index is 10.5. The van der Waals surface area contributed by atoms with Crippen LogP contribution in [0.25, 0.3) is 0 Å². The fraction of sp³-hybridized carbons (Fsp3) is 0.545. The molecule has 0 aromatic carbocycles. The van der Waals surface area contributed by atoms with Gasteiger partial charge in [0.25, 0.3) is 0 Å². The van der Waals surface area contributed by atoms with Crippen LogP contribution in [0.2, 0.25) is 0 Å². The number of carboxylic acid groups (broad SMARTS) is 1. The van der Waals surface area contributed by atoms with Crippen molar-refractivity contribution in [3.8, 4) is 0 Å². The van der Waals surface area contributed by atoms with Crippen LogP contribution in [0.15, 0.2) is 35.0 Å². The number of hydrogen-bond acceptors (Lipinski definition) is 5. The standard InChI is InChI=1S/C22H30BBrO5S/c1-14-19(24)12-17(30-14)8-6-16(25)7-9-18-15(13-23)11-20(26)22(18)29-10-4-2-3-5-21(27)28/h4,7,9-10,12-13,15-16,18,20,22-23,25-26H,2-3,5-6,8,11H2,1H3,(H,27,28)/b9-7+,10-4-/t15-,16-,18-,20?,22+/m0/s1. The van der Waals surface area contributed by atoms with E-state index in [0.29, 0.717) is 25.7 Å². The number of halogens is 1. The van der Waals surface area contributed by atoms with Gasteiger partial charge in [-0.2, -0.15) is 0 Å². The van der Waals surface area contributed by atoms with Crippen LogP contribution in [0, 0.1) is 18.8 Å². The van der Waals surface area contributed by atoms with Gasteiger partial charge in [-0.05, 0) is 0 Å². The number of unbranched alkanes of at least 4 members (excludes halogenated alkanes) is 1. The summed E-state index contributed by atoms with van der Waals surface area (Å²) in [6, 6.07) is 2.10. The van der Waals surface area contributed by atoms with E-state index in [1.807, 2.05) is 12.0 Å². The van der Waals surface area contributed by atoms with Crippen molar-refractivity contribution in [1.29, 1.82) is 0 Å². The second-order valence-electron chi connectivity index (χ2n) is 7.65. The van der Waals surface area contributed by atoms with Crippen molar-refractivity contribution in [3.63, 3.8) is 0 Å². The first kappa shape index (κ1) is 25.0. The molecule has 0 aliphatic heterocycles. The first-order valence-electron chi connectivity index (χ1n) is 10.3. The minimum atomic E-state index is -0.810. The maximum absolute atomic E-state index is 10.5. The number of allylic oxidation sites excluding steroid dienone is 1. The molecule has 30 heavy (non-hydrogen) atoms. The topological polar surface area (TPSA) is 87.0 Å². The Morgan fingerprint density at radius 3 is 2.90 bits per heavy atom. The Kier molecular flexibility index (Phi) is 10.5. The first-order valence-corrected chi connectivity index (χ1v) is 11.9. The second kappa shape index (κ2) is 12.6. The number of aliphatic carboxylic acids is 1. The SMILES string of the molecule is B=C[C@@H]1CC(O)[C@H](O/C=C\CCCC(=O)O)[C@H]1/C=C/[C@@H](O)CCc1cc(Br)c(C)s1. The molecule has 0 saturated heterocycles. The Bertz CT molecular complexity index is 743. The number of rotatable bonds is 12. The number of carbonyl (C=O) groups is 1. The van der Waals surface area contributed by atoms with Crippen LogP contribution in [0.1, 0.15) is 41.9 Å². The van der Waals surface area contributed by atoms with Crippen LogP contribution in [0.4, 0.5) is 0 Å². The summed E-state index contributed by atoms with van der Waals surface area (Å²) < 4.78 is 6.89. The molecule has 8 heteroatoms. The van der Waals surface area contributed by atoms with E-state index in [-0.39, 0.29) is 18.3 Å². The van der Waals surface area contributed by atoms with Gasteiger partial charge in [-0.3, -0.25) is 0 Å². The fourth-order valence-electron chi connectivity index (χ4n) is 3.63. The Balaban J connectivity index is 1.89. The van der Waals surface area contributed by atoms with Gasteiger partial charge in [0.1, 0.15) is 0 Å². The third kappa shape index (κ3) is 7.80. The summed E-state index contributed by atoms with van der Waals surface area (Å²) in [7, 11) is 3.87. The number of thiophene rings is 1. The molecule has 5 nitrogen and oxygen atoms in total. The van der Waals surface area contributed by atoms with Crippen molar-refractivity contribution in [1.82, 2.24) is 0 Å². The van der Waals surface area contributed by atoms with Gasteiger partial charge in [-0.25, -0.2) is 0 Å². The van der Waals surface area contributed by atoms with Crippen LogP contribution in [0.5, 0.6) is 0 Å². The number of aliphatic hydroxyl groups excluding tert-OH is 2. The minimum absolute atomic E-state index is 0.0739. The summed E-state index contributed by atoms with van der Waals surface area (Å²) in [6.45, 7) is 2.07. The zero-order chi connectivity index (χ0) is 22.1. The average molecular weight is 497 g/mol. The molecular weight excluding hydrogens is 467 g/mol. The van der Waals surface area contributed by atoms with E-state index in [9.17, 15) is 15.0 Å². The third-order valence-electron chi connectivity index (χ3n) is 5.31. The van der Waals surface area contributed by atoms with Gasteiger partial charge in [0.05, 0.1) is 0 Å². The van der Waals surface area contributed by atoms with Crippen LogP contribution in [-0.2, 0) is 16.0 Å². The summed E-state index contributed by atoms with van der Waals surface area (Å²) in [5, 5.41) is 29.5.